The zero-order chi connectivity index (χ0) is 13.1. The van der Waals surface area contributed by atoms with Crippen LogP contribution in [-0.4, -0.2) is 24.0 Å². The van der Waals surface area contributed by atoms with Crippen molar-refractivity contribution in [2.24, 2.45) is 0 Å². The Balaban J connectivity index is 2.18. The molecule has 0 spiro atoms. The fourth-order valence-corrected chi connectivity index (χ4v) is 3.23. The van der Waals surface area contributed by atoms with E-state index in [1.165, 1.54) is 90.1 Å². The molecule has 0 aromatic heterocycles. The predicted molar refractivity (Wildman–Crippen MR) is 82.1 cm³/mol. The number of unbranched alkanes of at least 4 members (excludes halogenated alkanes) is 6. The van der Waals surface area contributed by atoms with Crippen molar-refractivity contribution in [3.05, 3.63) is 0 Å². The molecule has 1 heterocycles. The normalized spacial score (nSPS) is 16.8. The minimum absolute atomic E-state index is 0.918. The third-order valence-electron chi connectivity index (χ3n) is 4.44. The Hall–Kier alpha value is -0.0400. The van der Waals surface area contributed by atoms with E-state index in [9.17, 15) is 0 Å². The molecule has 1 rings (SSSR count). The van der Waals surface area contributed by atoms with E-state index < -0.39 is 0 Å². The van der Waals surface area contributed by atoms with Gasteiger partial charge in [0, 0.05) is 6.04 Å². The summed E-state index contributed by atoms with van der Waals surface area (Å²) in [4.78, 5) is 2.79. The molecule has 0 atom stereocenters. The highest BCUT2D eigenvalue weighted by Crippen LogP contribution is 2.21. The largest absolute Gasteiger partial charge is 0.300 e. The average Bonchev–Trinajstić information content (AvgIpc) is 2.91. The number of hydrogen-bond donors (Lipinski definition) is 0. The van der Waals surface area contributed by atoms with Crippen molar-refractivity contribution in [1.29, 1.82) is 0 Å². The molecule has 0 radical (unpaired) electrons. The van der Waals surface area contributed by atoms with Gasteiger partial charge in [-0.1, -0.05) is 65.2 Å². The highest BCUT2D eigenvalue weighted by atomic mass is 15.2. The van der Waals surface area contributed by atoms with Crippen molar-refractivity contribution in [3.63, 3.8) is 0 Å². The van der Waals surface area contributed by atoms with Crippen LogP contribution in [0.15, 0.2) is 0 Å². The van der Waals surface area contributed by atoms with Crippen LogP contribution in [0.1, 0.15) is 90.9 Å². The SMILES string of the molecule is CCCCCCC(CCCCCC)N1CCCC1. The van der Waals surface area contributed by atoms with Gasteiger partial charge in [0.2, 0.25) is 0 Å². The second-order valence-electron chi connectivity index (χ2n) is 6.10. The Labute approximate surface area is 115 Å². The lowest BCUT2D eigenvalue weighted by molar-refractivity contribution is 0.209. The number of likely N-dealkylation sites (tertiary alicyclic amines) is 1. The van der Waals surface area contributed by atoms with E-state index in [2.05, 4.69) is 18.7 Å². The molecule has 0 aromatic rings. The monoisotopic (exact) mass is 253 g/mol. The number of rotatable bonds is 11. The molecule has 0 saturated carbocycles. The molecular weight excluding hydrogens is 218 g/mol. The molecule has 1 heteroatoms. The molecule has 1 fully saturated rings. The fraction of sp³-hybridized carbons (Fsp3) is 1.00. The smallest absolute Gasteiger partial charge is 0.00952 e. The summed E-state index contributed by atoms with van der Waals surface area (Å²) < 4.78 is 0. The lowest BCUT2D eigenvalue weighted by Crippen LogP contribution is -2.32. The summed E-state index contributed by atoms with van der Waals surface area (Å²) in [5.74, 6) is 0. The van der Waals surface area contributed by atoms with Crippen molar-refractivity contribution in [2.45, 2.75) is 96.9 Å². The molecule has 1 nitrogen and oxygen atoms in total. The van der Waals surface area contributed by atoms with Crippen molar-refractivity contribution >= 4 is 0 Å². The van der Waals surface area contributed by atoms with Crippen LogP contribution in [0.25, 0.3) is 0 Å². The van der Waals surface area contributed by atoms with Gasteiger partial charge in [-0.15, -0.1) is 0 Å². The third kappa shape index (κ3) is 6.78. The second-order valence-corrected chi connectivity index (χ2v) is 6.10. The van der Waals surface area contributed by atoms with Crippen LogP contribution in [0.2, 0.25) is 0 Å². The summed E-state index contributed by atoms with van der Waals surface area (Å²) in [6.45, 7) is 7.38. The molecular formula is C17H35N. The van der Waals surface area contributed by atoms with Gasteiger partial charge in [0.1, 0.15) is 0 Å². The standard InChI is InChI=1S/C17H35N/c1-3-5-7-9-13-17(14-10-8-6-4-2)18-15-11-12-16-18/h17H,3-16H2,1-2H3. The molecule has 0 bridgehead atoms. The van der Waals surface area contributed by atoms with Crippen molar-refractivity contribution in [3.8, 4) is 0 Å². The van der Waals surface area contributed by atoms with E-state index in [4.69, 9.17) is 0 Å². The van der Waals surface area contributed by atoms with Crippen LogP contribution >= 0.6 is 0 Å². The van der Waals surface area contributed by atoms with Crippen molar-refractivity contribution < 1.29 is 0 Å². The summed E-state index contributed by atoms with van der Waals surface area (Å²) in [5, 5.41) is 0. The van der Waals surface area contributed by atoms with Gasteiger partial charge < -0.3 is 4.90 Å². The first-order valence-electron chi connectivity index (χ1n) is 8.62. The minimum atomic E-state index is 0.918. The van der Waals surface area contributed by atoms with Gasteiger partial charge in [-0.3, -0.25) is 0 Å². The molecule has 0 aliphatic carbocycles. The first-order chi connectivity index (χ1) is 8.88. The van der Waals surface area contributed by atoms with E-state index in [0.29, 0.717) is 0 Å². The maximum Gasteiger partial charge on any atom is 0.00952 e. The Kier molecular flexibility index (Phi) is 9.65. The van der Waals surface area contributed by atoms with Crippen LogP contribution in [0.5, 0.6) is 0 Å². The van der Waals surface area contributed by atoms with Crippen molar-refractivity contribution in [2.75, 3.05) is 13.1 Å². The lowest BCUT2D eigenvalue weighted by Gasteiger charge is -2.27. The van der Waals surface area contributed by atoms with Gasteiger partial charge in [-0.05, 0) is 38.8 Å². The fourth-order valence-electron chi connectivity index (χ4n) is 3.23. The second kappa shape index (κ2) is 10.8. The van der Waals surface area contributed by atoms with Crippen LogP contribution < -0.4 is 0 Å². The third-order valence-corrected chi connectivity index (χ3v) is 4.44. The predicted octanol–water partition coefficient (Wildman–Crippen LogP) is 5.39. The molecule has 1 aliphatic rings. The van der Waals surface area contributed by atoms with Crippen molar-refractivity contribution in [1.82, 2.24) is 4.90 Å². The van der Waals surface area contributed by atoms with E-state index in [1.54, 1.807) is 0 Å². The topological polar surface area (TPSA) is 3.24 Å². The van der Waals surface area contributed by atoms with Gasteiger partial charge in [0.05, 0.1) is 0 Å². The van der Waals surface area contributed by atoms with E-state index in [-0.39, 0.29) is 0 Å². The molecule has 0 unspecified atom stereocenters. The quantitative estimate of drug-likeness (QED) is 0.446. The molecule has 18 heavy (non-hydrogen) atoms. The van der Waals surface area contributed by atoms with Crippen LogP contribution in [0.3, 0.4) is 0 Å². The first-order valence-corrected chi connectivity index (χ1v) is 8.62. The van der Waals surface area contributed by atoms with Gasteiger partial charge in [0.25, 0.3) is 0 Å². The first kappa shape index (κ1) is 16.0. The molecule has 1 saturated heterocycles. The Morgan fingerprint density at radius 3 is 1.67 bits per heavy atom. The number of hydrogen-bond acceptors (Lipinski definition) is 1. The summed E-state index contributed by atoms with van der Waals surface area (Å²) in [5.41, 5.74) is 0. The maximum atomic E-state index is 2.79. The highest BCUT2D eigenvalue weighted by Gasteiger charge is 2.20. The van der Waals surface area contributed by atoms with E-state index in [1.807, 2.05) is 0 Å². The molecule has 0 amide bonds. The zero-order valence-electron chi connectivity index (χ0n) is 12.9. The van der Waals surface area contributed by atoms with E-state index in [0.717, 1.165) is 6.04 Å². The Bertz CT molecular complexity index is 160. The average molecular weight is 253 g/mol. The number of nitrogens with zero attached hydrogens (tertiary/aromatic N) is 1. The summed E-state index contributed by atoms with van der Waals surface area (Å²) >= 11 is 0. The Morgan fingerprint density at radius 1 is 0.722 bits per heavy atom. The van der Waals surface area contributed by atoms with Gasteiger partial charge in [-0.25, -0.2) is 0 Å². The summed E-state index contributed by atoms with van der Waals surface area (Å²) in [6.07, 6.45) is 17.2. The van der Waals surface area contributed by atoms with Gasteiger partial charge in [0.15, 0.2) is 0 Å². The molecule has 0 N–H and O–H groups in total. The highest BCUT2D eigenvalue weighted by molar-refractivity contribution is 4.76. The van der Waals surface area contributed by atoms with Gasteiger partial charge >= 0.3 is 0 Å². The molecule has 108 valence electrons. The van der Waals surface area contributed by atoms with Gasteiger partial charge in [-0.2, -0.15) is 0 Å². The lowest BCUT2D eigenvalue weighted by atomic mass is 10.00. The summed E-state index contributed by atoms with van der Waals surface area (Å²) in [6, 6.07) is 0.918. The van der Waals surface area contributed by atoms with Crippen LogP contribution in [-0.2, 0) is 0 Å². The van der Waals surface area contributed by atoms with Crippen LogP contribution in [0, 0.1) is 0 Å². The Morgan fingerprint density at radius 2 is 1.22 bits per heavy atom. The molecule has 1 aliphatic heterocycles. The minimum Gasteiger partial charge on any atom is -0.300 e. The maximum absolute atomic E-state index is 2.79. The van der Waals surface area contributed by atoms with E-state index >= 15 is 0 Å². The molecule has 0 aromatic carbocycles. The van der Waals surface area contributed by atoms with Crippen LogP contribution in [0.4, 0.5) is 0 Å². The summed E-state index contributed by atoms with van der Waals surface area (Å²) in [7, 11) is 0. The zero-order valence-corrected chi connectivity index (χ0v) is 12.9.